The van der Waals surface area contributed by atoms with E-state index in [0.29, 0.717) is 0 Å². The summed E-state index contributed by atoms with van der Waals surface area (Å²) in [6.45, 7) is 2.01. The van der Waals surface area contributed by atoms with Gasteiger partial charge in [0.15, 0.2) is 0 Å². The van der Waals surface area contributed by atoms with Crippen molar-refractivity contribution in [3.8, 4) is 0 Å². The molecular weight excluding hydrogens is 290 g/mol. The quantitative estimate of drug-likeness (QED) is 0.835. The van der Waals surface area contributed by atoms with Gasteiger partial charge in [-0.05, 0) is 18.1 Å². The summed E-state index contributed by atoms with van der Waals surface area (Å²) in [6.07, 6.45) is 0.394. The molecule has 2 aromatic rings. The van der Waals surface area contributed by atoms with Crippen LogP contribution in [0.25, 0.3) is 0 Å². The van der Waals surface area contributed by atoms with E-state index in [0.717, 1.165) is 16.7 Å². The highest BCUT2D eigenvalue weighted by atomic mass is 16.5. The lowest BCUT2D eigenvalue weighted by Gasteiger charge is -2.18. The van der Waals surface area contributed by atoms with E-state index in [4.69, 9.17) is 4.74 Å². The molecule has 0 aliphatic carbocycles. The topological polar surface area (TPSA) is 55.4 Å². The van der Waals surface area contributed by atoms with Crippen molar-refractivity contribution in [1.82, 2.24) is 5.32 Å². The molecule has 0 spiro atoms. The maximum Gasteiger partial charge on any atom is 0.307 e. The van der Waals surface area contributed by atoms with Crippen molar-refractivity contribution in [2.24, 2.45) is 0 Å². The Morgan fingerprint density at radius 2 is 1.70 bits per heavy atom. The summed E-state index contributed by atoms with van der Waals surface area (Å²) in [4.78, 5) is 23.9. The second-order valence-corrected chi connectivity index (χ2v) is 5.47. The molecule has 120 valence electrons. The van der Waals surface area contributed by atoms with Gasteiger partial charge in [0.2, 0.25) is 5.91 Å². The zero-order valence-corrected chi connectivity index (χ0v) is 13.4. The maximum atomic E-state index is 12.3. The number of carbonyl (C=O) groups is 2. The lowest BCUT2D eigenvalue weighted by molar-refractivity contribution is -0.141. The highest BCUT2D eigenvalue weighted by molar-refractivity contribution is 5.80. The Bertz CT molecular complexity index is 650. The monoisotopic (exact) mass is 311 g/mol. The first-order chi connectivity index (χ1) is 11.1. The molecule has 2 rings (SSSR count). The highest BCUT2D eigenvalue weighted by Crippen LogP contribution is 2.17. The summed E-state index contributed by atoms with van der Waals surface area (Å²) in [6, 6.07) is 16.9. The van der Waals surface area contributed by atoms with Crippen molar-refractivity contribution in [2.75, 3.05) is 7.11 Å². The van der Waals surface area contributed by atoms with Gasteiger partial charge < -0.3 is 10.1 Å². The van der Waals surface area contributed by atoms with Crippen LogP contribution in [0.3, 0.4) is 0 Å². The number of amides is 1. The summed E-state index contributed by atoms with van der Waals surface area (Å²) < 4.78 is 4.72. The number of ether oxygens (including phenoxy) is 1. The van der Waals surface area contributed by atoms with Crippen LogP contribution in [0.1, 0.15) is 29.2 Å². The molecule has 2 aromatic carbocycles. The largest absolute Gasteiger partial charge is 0.469 e. The number of esters is 1. The fourth-order valence-electron chi connectivity index (χ4n) is 2.32. The van der Waals surface area contributed by atoms with Crippen LogP contribution in [0.5, 0.6) is 0 Å². The van der Waals surface area contributed by atoms with Crippen molar-refractivity contribution in [2.45, 2.75) is 25.8 Å². The third-order valence-corrected chi connectivity index (χ3v) is 3.62. The Morgan fingerprint density at radius 3 is 2.30 bits per heavy atom. The SMILES string of the molecule is COC(=O)C[C@@H](NC(=O)Cc1ccc(C)cc1)c1ccccc1. The molecule has 0 aliphatic rings. The molecule has 1 N–H and O–H groups in total. The van der Waals surface area contributed by atoms with Crippen LogP contribution in [0.2, 0.25) is 0 Å². The molecule has 23 heavy (non-hydrogen) atoms. The van der Waals surface area contributed by atoms with E-state index in [2.05, 4.69) is 5.32 Å². The van der Waals surface area contributed by atoms with E-state index in [9.17, 15) is 9.59 Å². The third kappa shape index (κ3) is 5.25. The van der Waals surface area contributed by atoms with Crippen LogP contribution in [0, 0.1) is 6.92 Å². The Kier molecular flexibility index (Phi) is 5.92. The Balaban J connectivity index is 2.05. The molecule has 1 amide bonds. The van der Waals surface area contributed by atoms with Crippen molar-refractivity contribution < 1.29 is 14.3 Å². The molecule has 0 fully saturated rings. The lowest BCUT2D eigenvalue weighted by atomic mass is 10.0. The molecule has 0 bridgehead atoms. The van der Waals surface area contributed by atoms with Gasteiger partial charge in [-0.1, -0.05) is 60.2 Å². The predicted molar refractivity (Wildman–Crippen MR) is 88.8 cm³/mol. The number of carbonyl (C=O) groups excluding carboxylic acids is 2. The fourth-order valence-corrected chi connectivity index (χ4v) is 2.32. The number of nitrogens with one attached hydrogen (secondary N) is 1. The van der Waals surface area contributed by atoms with Crippen molar-refractivity contribution in [3.63, 3.8) is 0 Å². The first kappa shape index (κ1) is 16.7. The number of hydrogen-bond acceptors (Lipinski definition) is 3. The highest BCUT2D eigenvalue weighted by Gasteiger charge is 2.18. The normalized spacial score (nSPS) is 11.6. The van der Waals surface area contributed by atoms with Crippen LogP contribution >= 0.6 is 0 Å². The first-order valence-electron chi connectivity index (χ1n) is 7.55. The number of rotatable bonds is 6. The standard InChI is InChI=1S/C19H21NO3/c1-14-8-10-15(11-9-14)12-18(21)20-17(13-19(22)23-2)16-6-4-3-5-7-16/h3-11,17H,12-13H2,1-2H3,(H,20,21)/t17-/m1/s1. The molecular formula is C19H21NO3. The molecule has 0 radical (unpaired) electrons. The molecule has 0 heterocycles. The van der Waals surface area contributed by atoms with E-state index in [1.54, 1.807) is 0 Å². The number of benzene rings is 2. The molecule has 0 saturated carbocycles. The van der Waals surface area contributed by atoms with Gasteiger partial charge in [0.25, 0.3) is 0 Å². The van der Waals surface area contributed by atoms with Crippen LogP contribution in [-0.2, 0) is 20.7 Å². The van der Waals surface area contributed by atoms with E-state index in [1.807, 2.05) is 61.5 Å². The van der Waals surface area contributed by atoms with Gasteiger partial charge in [0.05, 0.1) is 26.0 Å². The van der Waals surface area contributed by atoms with Crippen LogP contribution in [0.4, 0.5) is 0 Å². The molecule has 0 unspecified atom stereocenters. The van der Waals surface area contributed by atoms with Crippen LogP contribution in [-0.4, -0.2) is 19.0 Å². The van der Waals surface area contributed by atoms with Gasteiger partial charge >= 0.3 is 5.97 Å². The van der Waals surface area contributed by atoms with Gasteiger partial charge in [-0.25, -0.2) is 0 Å². The van der Waals surface area contributed by atoms with Gasteiger partial charge in [0.1, 0.15) is 0 Å². The molecule has 0 aliphatic heterocycles. The smallest absolute Gasteiger partial charge is 0.307 e. The lowest BCUT2D eigenvalue weighted by Crippen LogP contribution is -2.31. The van der Waals surface area contributed by atoms with Crippen LogP contribution in [0.15, 0.2) is 54.6 Å². The second kappa shape index (κ2) is 8.13. The number of methoxy groups -OCH3 is 1. The minimum atomic E-state index is -0.387. The molecule has 4 heteroatoms. The van der Waals surface area contributed by atoms with Crippen molar-refractivity contribution >= 4 is 11.9 Å². The summed E-state index contributed by atoms with van der Waals surface area (Å²) in [7, 11) is 1.35. The minimum Gasteiger partial charge on any atom is -0.469 e. The predicted octanol–water partition coefficient (Wildman–Crippen LogP) is 2.96. The average molecular weight is 311 g/mol. The Labute approximate surface area is 136 Å². The summed E-state index contributed by atoms with van der Waals surface area (Å²) in [5, 5.41) is 2.92. The van der Waals surface area contributed by atoms with Crippen LogP contribution < -0.4 is 5.32 Å². The fraction of sp³-hybridized carbons (Fsp3) is 0.263. The van der Waals surface area contributed by atoms with E-state index in [1.165, 1.54) is 7.11 Å². The molecule has 1 atom stereocenters. The molecule has 0 saturated heterocycles. The third-order valence-electron chi connectivity index (χ3n) is 3.62. The maximum absolute atomic E-state index is 12.3. The number of aryl methyl sites for hydroxylation is 1. The molecule has 4 nitrogen and oxygen atoms in total. The summed E-state index contributed by atoms with van der Waals surface area (Å²) in [5.41, 5.74) is 2.98. The van der Waals surface area contributed by atoms with Crippen molar-refractivity contribution in [1.29, 1.82) is 0 Å². The molecule has 0 aromatic heterocycles. The second-order valence-electron chi connectivity index (χ2n) is 5.47. The van der Waals surface area contributed by atoms with E-state index in [-0.39, 0.29) is 30.8 Å². The van der Waals surface area contributed by atoms with E-state index < -0.39 is 0 Å². The zero-order valence-electron chi connectivity index (χ0n) is 13.4. The van der Waals surface area contributed by atoms with Gasteiger partial charge in [-0.2, -0.15) is 0 Å². The minimum absolute atomic E-state index is 0.111. The first-order valence-corrected chi connectivity index (χ1v) is 7.55. The number of hydrogen-bond donors (Lipinski definition) is 1. The van der Waals surface area contributed by atoms with Gasteiger partial charge in [0, 0.05) is 0 Å². The Hall–Kier alpha value is -2.62. The van der Waals surface area contributed by atoms with E-state index >= 15 is 0 Å². The summed E-state index contributed by atoms with van der Waals surface area (Å²) >= 11 is 0. The zero-order chi connectivity index (χ0) is 16.7. The summed E-state index contributed by atoms with van der Waals surface area (Å²) in [5.74, 6) is -0.471. The average Bonchev–Trinajstić information content (AvgIpc) is 2.57. The van der Waals surface area contributed by atoms with Crippen molar-refractivity contribution in [3.05, 3.63) is 71.3 Å². The van der Waals surface area contributed by atoms with Gasteiger partial charge in [-0.15, -0.1) is 0 Å². The van der Waals surface area contributed by atoms with Gasteiger partial charge in [-0.3, -0.25) is 9.59 Å². The Morgan fingerprint density at radius 1 is 1.04 bits per heavy atom.